The highest BCUT2D eigenvalue weighted by atomic mass is 16.5. The topological polar surface area (TPSA) is 127 Å². The smallest absolute Gasteiger partial charge is 0.339 e. The molecule has 0 aliphatic heterocycles. The molecule has 0 saturated heterocycles. The predicted octanol–water partition coefficient (Wildman–Crippen LogP) is 2.36. The Hall–Kier alpha value is -3.62. The van der Waals surface area contributed by atoms with Crippen LogP contribution < -0.4 is 16.1 Å². The van der Waals surface area contributed by atoms with Crippen LogP contribution in [0.15, 0.2) is 33.8 Å². The molecule has 1 heterocycles. The number of nitrogens with two attached hydrogens (primary N) is 1. The van der Waals surface area contributed by atoms with Crippen LogP contribution in [0.3, 0.4) is 0 Å². The molecule has 3 amide bonds. The summed E-state index contributed by atoms with van der Waals surface area (Å²) in [5.41, 5.74) is 9.95. The van der Waals surface area contributed by atoms with Crippen LogP contribution in [0.5, 0.6) is 0 Å². The maximum atomic E-state index is 13.2. The molecular formula is C20H22N4O5. The number of rotatable bonds is 4. The normalized spacial score (nSPS) is 14.2. The van der Waals surface area contributed by atoms with Gasteiger partial charge in [-0.3, -0.25) is 4.79 Å². The third-order valence-corrected chi connectivity index (χ3v) is 4.80. The Morgan fingerprint density at radius 3 is 2.66 bits per heavy atom. The maximum absolute atomic E-state index is 13.2. The molecule has 3 N–H and O–H groups in total. The number of furan rings is 1. The van der Waals surface area contributed by atoms with Gasteiger partial charge in [0.25, 0.3) is 5.91 Å². The molecule has 0 unspecified atom stereocenters. The average molecular weight is 398 g/mol. The van der Waals surface area contributed by atoms with E-state index in [9.17, 15) is 14.4 Å². The van der Waals surface area contributed by atoms with Crippen molar-refractivity contribution in [3.63, 3.8) is 0 Å². The molecule has 0 fully saturated rings. The van der Waals surface area contributed by atoms with E-state index in [4.69, 9.17) is 14.9 Å². The molecule has 0 radical (unpaired) electrons. The van der Waals surface area contributed by atoms with Crippen molar-refractivity contribution in [1.29, 1.82) is 0 Å². The van der Waals surface area contributed by atoms with Crippen LogP contribution in [0, 0.1) is 6.92 Å². The van der Waals surface area contributed by atoms with E-state index >= 15 is 0 Å². The summed E-state index contributed by atoms with van der Waals surface area (Å²) >= 11 is 0. The number of hydrazone groups is 1. The van der Waals surface area contributed by atoms with Gasteiger partial charge >= 0.3 is 12.0 Å². The molecule has 29 heavy (non-hydrogen) atoms. The van der Waals surface area contributed by atoms with Crippen molar-refractivity contribution in [1.82, 2.24) is 5.43 Å². The number of esters is 1. The number of nitrogens with one attached hydrogen (secondary N) is 1. The van der Waals surface area contributed by atoms with E-state index in [1.807, 2.05) is 0 Å². The molecule has 0 spiro atoms. The zero-order valence-electron chi connectivity index (χ0n) is 16.4. The lowest BCUT2D eigenvalue weighted by molar-refractivity contribution is 0.0601. The highest BCUT2D eigenvalue weighted by Gasteiger charge is 2.30. The fourth-order valence-corrected chi connectivity index (χ4v) is 3.42. The lowest BCUT2D eigenvalue weighted by Crippen LogP contribution is -2.28. The number of nitrogens with zero attached hydrogens (tertiary/aromatic N) is 2. The average Bonchev–Trinajstić information content (AvgIpc) is 3.07. The Balaban J connectivity index is 1.99. The van der Waals surface area contributed by atoms with E-state index < -0.39 is 17.9 Å². The second-order valence-corrected chi connectivity index (χ2v) is 6.62. The molecular weight excluding hydrogens is 376 g/mol. The SMILES string of the molecule is COC(=O)c1ccccc1N(C)C(=O)c1oc2c(c1C)/C(=N/NC(N)=O)CCC2. The Kier molecular flexibility index (Phi) is 5.67. The minimum Gasteiger partial charge on any atom is -0.465 e. The second-order valence-electron chi connectivity index (χ2n) is 6.62. The van der Waals surface area contributed by atoms with Crippen LogP contribution in [-0.2, 0) is 11.2 Å². The Morgan fingerprint density at radius 1 is 1.24 bits per heavy atom. The molecule has 3 rings (SSSR count). The molecule has 0 bridgehead atoms. The van der Waals surface area contributed by atoms with Crippen LogP contribution in [0.2, 0.25) is 0 Å². The Labute approximate surface area is 167 Å². The summed E-state index contributed by atoms with van der Waals surface area (Å²) in [4.78, 5) is 37.6. The molecule has 1 aliphatic carbocycles. The molecule has 1 aliphatic rings. The summed E-state index contributed by atoms with van der Waals surface area (Å²) in [7, 11) is 2.85. The first-order valence-corrected chi connectivity index (χ1v) is 9.05. The first kappa shape index (κ1) is 20.1. The van der Waals surface area contributed by atoms with Crippen LogP contribution in [0.25, 0.3) is 0 Å². The number of carbonyl (C=O) groups excluding carboxylic acids is 3. The monoisotopic (exact) mass is 398 g/mol. The van der Waals surface area contributed by atoms with Crippen molar-refractivity contribution in [2.45, 2.75) is 26.2 Å². The van der Waals surface area contributed by atoms with Crippen molar-refractivity contribution in [2.75, 3.05) is 19.1 Å². The standard InChI is InChI=1S/C20H22N4O5/c1-11-16-13(22-23-20(21)27)8-6-10-15(16)29-17(11)18(25)24(2)14-9-5-4-7-12(14)19(26)28-3/h4-5,7,9H,6,8,10H2,1-3H3,(H3,21,23,27)/b22-13+. The lowest BCUT2D eigenvalue weighted by atomic mass is 9.93. The predicted molar refractivity (Wildman–Crippen MR) is 106 cm³/mol. The quantitative estimate of drug-likeness (QED) is 0.604. The molecule has 9 heteroatoms. The third kappa shape index (κ3) is 3.84. The summed E-state index contributed by atoms with van der Waals surface area (Å²) in [5.74, 6) is -0.152. The number of carbonyl (C=O) groups is 3. The number of hydrogen-bond acceptors (Lipinski definition) is 6. The fourth-order valence-electron chi connectivity index (χ4n) is 3.42. The summed E-state index contributed by atoms with van der Waals surface area (Å²) < 4.78 is 10.7. The van der Waals surface area contributed by atoms with Gasteiger partial charge in [-0.15, -0.1) is 0 Å². The van der Waals surface area contributed by atoms with Crippen LogP contribution in [0.4, 0.5) is 10.5 Å². The van der Waals surface area contributed by atoms with Gasteiger partial charge in [-0.25, -0.2) is 15.0 Å². The highest BCUT2D eigenvalue weighted by molar-refractivity contribution is 6.11. The van der Waals surface area contributed by atoms with E-state index in [0.717, 1.165) is 6.42 Å². The zero-order valence-corrected chi connectivity index (χ0v) is 16.4. The number of ether oxygens (including phenoxy) is 1. The summed E-state index contributed by atoms with van der Waals surface area (Å²) in [6, 6.07) is 5.91. The lowest BCUT2D eigenvalue weighted by Gasteiger charge is -2.19. The van der Waals surface area contributed by atoms with Crippen molar-refractivity contribution >= 4 is 29.3 Å². The molecule has 2 aromatic rings. The van der Waals surface area contributed by atoms with Crippen molar-refractivity contribution in [2.24, 2.45) is 10.8 Å². The summed E-state index contributed by atoms with van der Waals surface area (Å²) in [5, 5.41) is 4.05. The maximum Gasteiger partial charge on any atom is 0.339 e. The number of urea groups is 1. The van der Waals surface area contributed by atoms with Gasteiger partial charge in [0.05, 0.1) is 24.1 Å². The minimum atomic E-state index is -0.763. The number of methoxy groups -OCH3 is 1. The number of fused-ring (bicyclic) bond motifs is 1. The van der Waals surface area contributed by atoms with E-state index in [-0.39, 0.29) is 11.3 Å². The number of aryl methyl sites for hydroxylation is 1. The van der Waals surface area contributed by atoms with Gasteiger partial charge in [0, 0.05) is 24.6 Å². The number of hydrogen-bond donors (Lipinski definition) is 2. The molecule has 152 valence electrons. The number of para-hydroxylation sites is 1. The molecule has 1 aromatic heterocycles. The fraction of sp³-hybridized carbons (Fsp3) is 0.300. The zero-order chi connectivity index (χ0) is 21.1. The second kappa shape index (κ2) is 8.17. The van der Waals surface area contributed by atoms with Gasteiger partial charge in [-0.2, -0.15) is 5.10 Å². The van der Waals surface area contributed by atoms with Gasteiger partial charge in [0.2, 0.25) is 0 Å². The number of primary amides is 1. The summed E-state index contributed by atoms with van der Waals surface area (Å²) in [6.45, 7) is 1.76. The van der Waals surface area contributed by atoms with Crippen LogP contribution >= 0.6 is 0 Å². The van der Waals surface area contributed by atoms with Crippen molar-refractivity contribution in [3.8, 4) is 0 Å². The van der Waals surface area contributed by atoms with Gasteiger partial charge in [0.1, 0.15) is 5.76 Å². The molecule has 0 saturated carbocycles. The number of anilines is 1. The minimum absolute atomic E-state index is 0.158. The van der Waals surface area contributed by atoms with Crippen molar-refractivity contribution < 1.29 is 23.5 Å². The largest absolute Gasteiger partial charge is 0.465 e. The Morgan fingerprint density at radius 2 is 1.97 bits per heavy atom. The molecule has 9 nitrogen and oxygen atoms in total. The summed E-state index contributed by atoms with van der Waals surface area (Å²) in [6.07, 6.45) is 2.05. The van der Waals surface area contributed by atoms with Gasteiger partial charge in [0.15, 0.2) is 5.76 Å². The van der Waals surface area contributed by atoms with Crippen LogP contribution in [0.1, 0.15) is 50.6 Å². The van der Waals surface area contributed by atoms with E-state index in [1.54, 1.807) is 38.2 Å². The van der Waals surface area contributed by atoms with Gasteiger partial charge in [-0.1, -0.05) is 12.1 Å². The van der Waals surface area contributed by atoms with E-state index in [2.05, 4.69) is 10.5 Å². The molecule has 0 atom stereocenters. The number of benzene rings is 1. The first-order valence-electron chi connectivity index (χ1n) is 9.05. The third-order valence-electron chi connectivity index (χ3n) is 4.80. The first-order chi connectivity index (χ1) is 13.8. The van der Waals surface area contributed by atoms with E-state index in [1.165, 1.54) is 12.0 Å². The van der Waals surface area contributed by atoms with Gasteiger partial charge < -0.3 is 19.8 Å². The highest BCUT2D eigenvalue weighted by Crippen LogP contribution is 2.31. The number of amides is 3. The Bertz CT molecular complexity index is 1010. The van der Waals surface area contributed by atoms with Crippen molar-refractivity contribution in [3.05, 3.63) is 52.5 Å². The molecule has 1 aromatic carbocycles. The van der Waals surface area contributed by atoms with Crippen LogP contribution in [-0.4, -0.2) is 37.8 Å². The van der Waals surface area contributed by atoms with E-state index in [0.29, 0.717) is 41.1 Å². The van der Waals surface area contributed by atoms with Gasteiger partial charge in [-0.05, 0) is 31.9 Å².